The quantitative estimate of drug-likeness (QED) is 0.677. The second kappa shape index (κ2) is 8.02. The van der Waals surface area contributed by atoms with E-state index in [1.807, 2.05) is 11.8 Å². The van der Waals surface area contributed by atoms with E-state index >= 15 is 0 Å². The first kappa shape index (κ1) is 15.8. The summed E-state index contributed by atoms with van der Waals surface area (Å²) < 4.78 is 0. The van der Waals surface area contributed by atoms with E-state index in [0.717, 1.165) is 19.5 Å². The molecule has 106 valence electrons. The molecular formula is C13H27N3OS. The molecule has 1 fully saturated rings. The number of rotatable bonds is 7. The lowest BCUT2D eigenvalue weighted by Crippen LogP contribution is -2.47. The summed E-state index contributed by atoms with van der Waals surface area (Å²) in [5.41, 5.74) is -0.0944. The van der Waals surface area contributed by atoms with Crippen LogP contribution in [-0.2, 0) is 4.79 Å². The first-order valence-electron chi connectivity index (χ1n) is 6.85. The molecule has 0 atom stereocenters. The largest absolute Gasteiger partial charge is 0.350 e. The lowest BCUT2D eigenvalue weighted by atomic mass is 10.0. The molecule has 0 saturated carbocycles. The molecule has 1 amide bonds. The maximum absolute atomic E-state index is 11.7. The molecule has 0 spiro atoms. The average molecular weight is 273 g/mol. The first-order chi connectivity index (χ1) is 8.53. The SMILES string of the molecule is CCC(C)(C)NC(=O)CNCCN1CCSCC1. The number of carbonyl (C=O) groups excluding carboxylic acids is 1. The van der Waals surface area contributed by atoms with Crippen LogP contribution in [0.2, 0.25) is 0 Å². The molecule has 1 aliphatic rings. The van der Waals surface area contributed by atoms with E-state index in [9.17, 15) is 4.79 Å². The number of hydrogen-bond donors (Lipinski definition) is 2. The van der Waals surface area contributed by atoms with E-state index in [2.05, 4.69) is 36.3 Å². The minimum absolute atomic E-state index is 0.0936. The lowest BCUT2D eigenvalue weighted by Gasteiger charge is -2.26. The predicted octanol–water partition coefficient (Wildman–Crippen LogP) is 0.930. The molecular weight excluding hydrogens is 246 g/mol. The Balaban J connectivity index is 2.04. The van der Waals surface area contributed by atoms with E-state index in [1.165, 1.54) is 24.6 Å². The number of thioether (sulfide) groups is 1. The third-order valence-corrected chi connectivity index (χ3v) is 4.30. The fourth-order valence-electron chi connectivity index (χ4n) is 1.77. The fourth-order valence-corrected chi connectivity index (χ4v) is 2.75. The van der Waals surface area contributed by atoms with Crippen LogP contribution in [0.4, 0.5) is 0 Å². The van der Waals surface area contributed by atoms with Crippen molar-refractivity contribution in [2.24, 2.45) is 0 Å². The van der Waals surface area contributed by atoms with Gasteiger partial charge in [0.25, 0.3) is 0 Å². The lowest BCUT2D eigenvalue weighted by molar-refractivity contribution is -0.121. The smallest absolute Gasteiger partial charge is 0.234 e. The van der Waals surface area contributed by atoms with Crippen LogP contribution in [0.3, 0.4) is 0 Å². The Hall–Kier alpha value is -0.260. The van der Waals surface area contributed by atoms with Gasteiger partial charge in [-0.2, -0.15) is 11.8 Å². The van der Waals surface area contributed by atoms with Gasteiger partial charge >= 0.3 is 0 Å². The van der Waals surface area contributed by atoms with Crippen LogP contribution in [0, 0.1) is 0 Å². The molecule has 2 N–H and O–H groups in total. The Labute approximate surface area is 115 Å². The maximum atomic E-state index is 11.7. The van der Waals surface area contributed by atoms with Crippen LogP contribution in [-0.4, -0.2) is 60.6 Å². The Morgan fingerprint density at radius 3 is 2.61 bits per heavy atom. The van der Waals surface area contributed by atoms with Crippen LogP contribution in [0.25, 0.3) is 0 Å². The highest BCUT2D eigenvalue weighted by Crippen LogP contribution is 2.08. The van der Waals surface area contributed by atoms with Gasteiger partial charge in [0.05, 0.1) is 6.54 Å². The molecule has 0 aromatic carbocycles. The van der Waals surface area contributed by atoms with E-state index in [0.29, 0.717) is 6.54 Å². The molecule has 1 heterocycles. The summed E-state index contributed by atoms with van der Waals surface area (Å²) in [4.78, 5) is 14.1. The Morgan fingerprint density at radius 1 is 1.33 bits per heavy atom. The third-order valence-electron chi connectivity index (χ3n) is 3.36. The van der Waals surface area contributed by atoms with Gasteiger partial charge in [-0.05, 0) is 20.3 Å². The van der Waals surface area contributed by atoms with Crippen molar-refractivity contribution in [3.05, 3.63) is 0 Å². The van der Waals surface area contributed by atoms with E-state index in [4.69, 9.17) is 0 Å². The monoisotopic (exact) mass is 273 g/mol. The fraction of sp³-hybridized carbons (Fsp3) is 0.923. The predicted molar refractivity (Wildman–Crippen MR) is 79.1 cm³/mol. The number of nitrogens with zero attached hydrogens (tertiary/aromatic N) is 1. The molecule has 1 saturated heterocycles. The highest BCUT2D eigenvalue weighted by atomic mass is 32.2. The van der Waals surface area contributed by atoms with Gasteiger partial charge in [-0.3, -0.25) is 4.79 Å². The Morgan fingerprint density at radius 2 is 2.00 bits per heavy atom. The molecule has 1 rings (SSSR count). The first-order valence-corrected chi connectivity index (χ1v) is 8.01. The van der Waals surface area contributed by atoms with Crippen molar-refractivity contribution in [3.63, 3.8) is 0 Å². The Bertz CT molecular complexity index is 253. The van der Waals surface area contributed by atoms with Crippen LogP contribution >= 0.6 is 11.8 Å². The summed E-state index contributed by atoms with van der Waals surface area (Å²) in [5, 5.41) is 6.24. The van der Waals surface area contributed by atoms with Crippen molar-refractivity contribution in [3.8, 4) is 0 Å². The summed E-state index contributed by atoms with van der Waals surface area (Å²) >= 11 is 2.03. The average Bonchev–Trinajstić information content (AvgIpc) is 2.35. The molecule has 18 heavy (non-hydrogen) atoms. The van der Waals surface area contributed by atoms with Gasteiger partial charge in [-0.15, -0.1) is 0 Å². The van der Waals surface area contributed by atoms with E-state index in [1.54, 1.807) is 0 Å². The molecule has 0 bridgehead atoms. The van der Waals surface area contributed by atoms with Gasteiger partial charge in [0.1, 0.15) is 0 Å². The summed E-state index contributed by atoms with van der Waals surface area (Å²) in [5.74, 6) is 2.58. The van der Waals surface area contributed by atoms with Crippen LogP contribution in [0.15, 0.2) is 0 Å². The van der Waals surface area contributed by atoms with Crippen LogP contribution in [0.5, 0.6) is 0 Å². The Kier molecular flexibility index (Phi) is 7.04. The number of hydrogen-bond acceptors (Lipinski definition) is 4. The molecule has 0 radical (unpaired) electrons. The van der Waals surface area contributed by atoms with Crippen LogP contribution in [0.1, 0.15) is 27.2 Å². The highest BCUT2D eigenvalue weighted by molar-refractivity contribution is 7.99. The second-order valence-electron chi connectivity index (χ2n) is 5.42. The normalized spacial score (nSPS) is 17.7. The van der Waals surface area contributed by atoms with E-state index in [-0.39, 0.29) is 11.4 Å². The summed E-state index contributed by atoms with van der Waals surface area (Å²) in [6, 6.07) is 0. The van der Waals surface area contributed by atoms with Crippen molar-refractivity contribution < 1.29 is 4.79 Å². The number of carbonyl (C=O) groups is 1. The number of nitrogens with one attached hydrogen (secondary N) is 2. The zero-order valence-electron chi connectivity index (χ0n) is 11.9. The third kappa shape index (κ3) is 6.61. The van der Waals surface area contributed by atoms with Gasteiger partial charge < -0.3 is 15.5 Å². The summed E-state index contributed by atoms with van der Waals surface area (Å²) in [6.07, 6.45) is 0.949. The topological polar surface area (TPSA) is 44.4 Å². The standard InChI is InChI=1S/C13H27N3OS/c1-4-13(2,3)15-12(17)11-14-5-6-16-7-9-18-10-8-16/h14H,4-11H2,1-3H3,(H,15,17). The van der Waals surface area contributed by atoms with Gasteiger partial charge in [0.15, 0.2) is 0 Å². The van der Waals surface area contributed by atoms with Gasteiger partial charge in [0, 0.05) is 43.2 Å². The van der Waals surface area contributed by atoms with Crippen molar-refractivity contribution in [1.29, 1.82) is 0 Å². The minimum Gasteiger partial charge on any atom is -0.350 e. The molecule has 0 unspecified atom stereocenters. The zero-order valence-corrected chi connectivity index (χ0v) is 12.7. The molecule has 4 nitrogen and oxygen atoms in total. The highest BCUT2D eigenvalue weighted by Gasteiger charge is 2.17. The zero-order chi connectivity index (χ0) is 13.4. The van der Waals surface area contributed by atoms with Crippen LogP contribution < -0.4 is 10.6 Å². The van der Waals surface area contributed by atoms with Crippen molar-refractivity contribution in [2.45, 2.75) is 32.7 Å². The summed E-state index contributed by atoms with van der Waals surface area (Å²) in [7, 11) is 0. The van der Waals surface area contributed by atoms with Crippen molar-refractivity contribution >= 4 is 17.7 Å². The molecule has 0 aromatic heterocycles. The molecule has 1 aliphatic heterocycles. The minimum atomic E-state index is -0.0944. The second-order valence-corrected chi connectivity index (χ2v) is 6.64. The molecule has 0 aliphatic carbocycles. The van der Waals surface area contributed by atoms with Crippen molar-refractivity contribution in [2.75, 3.05) is 44.2 Å². The maximum Gasteiger partial charge on any atom is 0.234 e. The molecule has 5 heteroatoms. The van der Waals surface area contributed by atoms with Gasteiger partial charge in [-0.1, -0.05) is 6.92 Å². The number of amides is 1. The van der Waals surface area contributed by atoms with Gasteiger partial charge in [0.2, 0.25) is 5.91 Å². The van der Waals surface area contributed by atoms with Crippen molar-refractivity contribution in [1.82, 2.24) is 15.5 Å². The van der Waals surface area contributed by atoms with E-state index < -0.39 is 0 Å². The summed E-state index contributed by atoms with van der Waals surface area (Å²) in [6.45, 7) is 10.9. The van der Waals surface area contributed by atoms with Gasteiger partial charge in [-0.25, -0.2) is 0 Å². The molecule has 0 aromatic rings.